The van der Waals surface area contributed by atoms with Crippen molar-refractivity contribution in [3.05, 3.63) is 65.2 Å². The molecule has 0 unspecified atom stereocenters. The quantitative estimate of drug-likeness (QED) is 0.685. The third-order valence-corrected chi connectivity index (χ3v) is 2.91. The van der Waals surface area contributed by atoms with Gasteiger partial charge in [-0.15, -0.1) is 0 Å². The molecule has 0 heterocycles. The van der Waals surface area contributed by atoms with E-state index < -0.39 is 11.9 Å². The molecule has 0 aliphatic carbocycles. The second-order valence-corrected chi connectivity index (χ2v) is 4.41. The Morgan fingerprint density at radius 2 is 1.85 bits per heavy atom. The first-order valence-electron chi connectivity index (χ1n) is 6.15. The summed E-state index contributed by atoms with van der Waals surface area (Å²) in [4.78, 5) is 22.7. The summed E-state index contributed by atoms with van der Waals surface area (Å²) in [7, 11) is 0. The molecule has 2 aromatic rings. The zero-order chi connectivity index (χ0) is 14.5. The zero-order valence-electron chi connectivity index (χ0n) is 11.0. The molecule has 2 rings (SSSR count). The first kappa shape index (κ1) is 13.8. The van der Waals surface area contributed by atoms with Gasteiger partial charge in [-0.1, -0.05) is 30.3 Å². The van der Waals surface area contributed by atoms with Crippen molar-refractivity contribution in [2.45, 2.75) is 13.3 Å². The third kappa shape index (κ3) is 3.45. The maximum Gasteiger partial charge on any atom is 0.335 e. The number of aromatic carboxylic acids is 1. The summed E-state index contributed by atoms with van der Waals surface area (Å²) in [6.07, 6.45) is 0.157. The molecular formula is C16H14O4. The highest BCUT2D eigenvalue weighted by molar-refractivity contribution is 5.88. The van der Waals surface area contributed by atoms with Crippen LogP contribution in [0.15, 0.2) is 48.5 Å². The van der Waals surface area contributed by atoms with Gasteiger partial charge in [-0.3, -0.25) is 4.79 Å². The van der Waals surface area contributed by atoms with Crippen LogP contribution in [0.3, 0.4) is 0 Å². The summed E-state index contributed by atoms with van der Waals surface area (Å²) in [5.74, 6) is -1.23. The minimum atomic E-state index is -1.05. The Morgan fingerprint density at radius 1 is 1.10 bits per heavy atom. The van der Waals surface area contributed by atoms with Crippen LogP contribution in [0.25, 0.3) is 0 Å². The molecule has 0 spiro atoms. The fraction of sp³-hybridized carbons (Fsp3) is 0.125. The molecular weight excluding hydrogens is 256 g/mol. The van der Waals surface area contributed by atoms with Crippen molar-refractivity contribution in [3.63, 3.8) is 0 Å². The zero-order valence-corrected chi connectivity index (χ0v) is 11.0. The number of rotatable bonds is 4. The summed E-state index contributed by atoms with van der Waals surface area (Å²) < 4.78 is 5.16. The number of carbonyl (C=O) groups excluding carboxylic acids is 1. The number of hydrogen-bond donors (Lipinski definition) is 1. The number of benzene rings is 2. The summed E-state index contributed by atoms with van der Waals surface area (Å²) >= 11 is 0. The van der Waals surface area contributed by atoms with E-state index in [4.69, 9.17) is 9.84 Å². The molecule has 2 aromatic carbocycles. The highest BCUT2D eigenvalue weighted by Crippen LogP contribution is 2.15. The highest BCUT2D eigenvalue weighted by Gasteiger charge is 2.10. The molecule has 0 radical (unpaired) electrons. The Balaban J connectivity index is 2.07. The van der Waals surface area contributed by atoms with Gasteiger partial charge in [0.15, 0.2) is 0 Å². The van der Waals surface area contributed by atoms with Crippen LogP contribution in [-0.4, -0.2) is 17.0 Å². The second-order valence-electron chi connectivity index (χ2n) is 4.41. The van der Waals surface area contributed by atoms with E-state index in [2.05, 4.69) is 0 Å². The lowest BCUT2D eigenvalue weighted by atomic mass is 10.1. The number of esters is 1. The van der Waals surface area contributed by atoms with Crippen LogP contribution in [0, 0.1) is 6.92 Å². The summed E-state index contributed by atoms with van der Waals surface area (Å²) in [5, 5.41) is 8.87. The molecule has 0 atom stereocenters. The summed E-state index contributed by atoms with van der Waals surface area (Å²) in [6, 6.07) is 13.4. The predicted molar refractivity (Wildman–Crippen MR) is 73.9 cm³/mol. The summed E-state index contributed by atoms with van der Waals surface area (Å²) in [6.45, 7) is 1.92. The minimum Gasteiger partial charge on any atom is -0.478 e. The van der Waals surface area contributed by atoms with Gasteiger partial charge in [0.25, 0.3) is 0 Å². The third-order valence-electron chi connectivity index (χ3n) is 2.91. The van der Waals surface area contributed by atoms with Crippen LogP contribution >= 0.6 is 0 Å². The molecule has 0 aliphatic heterocycles. The first-order valence-corrected chi connectivity index (χ1v) is 6.15. The van der Waals surface area contributed by atoms with Crippen LogP contribution in [0.4, 0.5) is 0 Å². The van der Waals surface area contributed by atoms with E-state index in [1.54, 1.807) is 12.1 Å². The van der Waals surface area contributed by atoms with Crippen molar-refractivity contribution < 1.29 is 19.4 Å². The monoisotopic (exact) mass is 270 g/mol. The second kappa shape index (κ2) is 6.02. The van der Waals surface area contributed by atoms with Crippen molar-refractivity contribution >= 4 is 11.9 Å². The maximum absolute atomic E-state index is 11.8. The molecule has 0 amide bonds. The van der Waals surface area contributed by atoms with Crippen LogP contribution in [0.5, 0.6) is 5.75 Å². The van der Waals surface area contributed by atoms with E-state index in [1.807, 2.05) is 31.2 Å². The normalized spacial score (nSPS) is 10.1. The Morgan fingerprint density at radius 3 is 2.55 bits per heavy atom. The van der Waals surface area contributed by atoms with Gasteiger partial charge in [-0.05, 0) is 36.2 Å². The number of ether oxygens (including phenoxy) is 1. The molecule has 20 heavy (non-hydrogen) atoms. The van der Waals surface area contributed by atoms with Gasteiger partial charge in [0.2, 0.25) is 0 Å². The van der Waals surface area contributed by atoms with Gasteiger partial charge in [0.05, 0.1) is 12.0 Å². The van der Waals surface area contributed by atoms with Crippen LogP contribution in [0.1, 0.15) is 21.5 Å². The molecule has 0 saturated heterocycles. The van der Waals surface area contributed by atoms with Gasteiger partial charge in [0.1, 0.15) is 5.75 Å². The first-order chi connectivity index (χ1) is 9.56. The van der Waals surface area contributed by atoms with Gasteiger partial charge in [0, 0.05) is 0 Å². The van der Waals surface area contributed by atoms with Crippen LogP contribution in [0.2, 0.25) is 0 Å². The van der Waals surface area contributed by atoms with Gasteiger partial charge in [-0.2, -0.15) is 0 Å². The van der Waals surface area contributed by atoms with E-state index in [9.17, 15) is 9.59 Å². The lowest BCUT2D eigenvalue weighted by Crippen LogP contribution is -2.12. The molecule has 0 bridgehead atoms. The maximum atomic E-state index is 11.8. The number of aryl methyl sites for hydroxylation is 1. The molecule has 0 fully saturated rings. The van der Waals surface area contributed by atoms with Crippen molar-refractivity contribution in [2.75, 3.05) is 0 Å². The van der Waals surface area contributed by atoms with E-state index in [-0.39, 0.29) is 17.7 Å². The van der Waals surface area contributed by atoms with Crippen LogP contribution < -0.4 is 4.74 Å². The Bertz CT molecular complexity index is 646. The van der Waals surface area contributed by atoms with E-state index >= 15 is 0 Å². The van der Waals surface area contributed by atoms with Gasteiger partial charge in [-0.25, -0.2) is 4.79 Å². The van der Waals surface area contributed by atoms with E-state index in [0.717, 1.165) is 11.1 Å². The largest absolute Gasteiger partial charge is 0.478 e. The van der Waals surface area contributed by atoms with E-state index in [0.29, 0.717) is 0 Å². The number of carboxylic acid groups (broad SMARTS) is 1. The molecule has 0 aliphatic rings. The van der Waals surface area contributed by atoms with Crippen LogP contribution in [-0.2, 0) is 11.2 Å². The lowest BCUT2D eigenvalue weighted by molar-refractivity contribution is -0.133. The smallest absolute Gasteiger partial charge is 0.335 e. The lowest BCUT2D eigenvalue weighted by Gasteiger charge is -2.07. The number of carbonyl (C=O) groups is 2. The van der Waals surface area contributed by atoms with Crippen molar-refractivity contribution in [3.8, 4) is 5.75 Å². The fourth-order valence-electron chi connectivity index (χ4n) is 1.82. The molecule has 0 aromatic heterocycles. The average Bonchev–Trinajstić information content (AvgIpc) is 2.41. The minimum absolute atomic E-state index is 0.0891. The van der Waals surface area contributed by atoms with Crippen molar-refractivity contribution in [1.82, 2.24) is 0 Å². The van der Waals surface area contributed by atoms with Gasteiger partial charge < -0.3 is 9.84 Å². The topological polar surface area (TPSA) is 63.6 Å². The van der Waals surface area contributed by atoms with Gasteiger partial charge >= 0.3 is 11.9 Å². The fourth-order valence-corrected chi connectivity index (χ4v) is 1.82. The summed E-state index contributed by atoms with van der Waals surface area (Å²) in [5.41, 5.74) is 2.00. The van der Waals surface area contributed by atoms with Crippen molar-refractivity contribution in [1.29, 1.82) is 0 Å². The Labute approximate surface area is 116 Å². The SMILES string of the molecule is Cc1ccccc1CC(=O)Oc1cccc(C(=O)O)c1. The van der Waals surface area contributed by atoms with Crippen molar-refractivity contribution in [2.24, 2.45) is 0 Å². The predicted octanol–water partition coefficient (Wildman–Crippen LogP) is 2.84. The molecule has 4 nitrogen and oxygen atoms in total. The number of hydrogen-bond acceptors (Lipinski definition) is 3. The average molecular weight is 270 g/mol. The molecule has 4 heteroatoms. The van der Waals surface area contributed by atoms with E-state index in [1.165, 1.54) is 12.1 Å². The molecule has 1 N–H and O–H groups in total. The number of carboxylic acids is 1. The highest BCUT2D eigenvalue weighted by atomic mass is 16.5. The molecule has 102 valence electrons. The Hall–Kier alpha value is -2.62. The molecule has 0 saturated carbocycles. The Kier molecular flexibility index (Phi) is 4.15. The standard InChI is InChI=1S/C16H14O4/c1-11-5-2-3-6-12(11)10-15(17)20-14-8-4-7-13(9-14)16(18)19/h2-9H,10H2,1H3,(H,18,19).